The quantitative estimate of drug-likeness (QED) is 0.413. The molecule has 0 saturated carbocycles. The minimum absolute atomic E-state index is 0. The molecule has 5 heteroatoms. The number of phenolic OH excluding ortho intramolecular Hbond substituents is 1. The molecule has 12 heavy (non-hydrogen) atoms. The van der Waals surface area contributed by atoms with Crippen molar-refractivity contribution in [3.8, 4) is 5.75 Å². The fourth-order valence-electron chi connectivity index (χ4n) is 0.768. The molecule has 0 bridgehead atoms. The van der Waals surface area contributed by atoms with E-state index in [0.29, 0.717) is 5.56 Å². The predicted molar refractivity (Wildman–Crippen MR) is 40.0 cm³/mol. The van der Waals surface area contributed by atoms with Gasteiger partial charge >= 0.3 is 29.6 Å². The number of rotatable bonds is 1. The van der Waals surface area contributed by atoms with E-state index in [1.54, 1.807) is 13.0 Å². The number of aryl methyl sites for hydroxylation is 1. The average Bonchev–Trinajstić information content (AvgIpc) is 1.94. The number of hydrogen-bond donors (Lipinski definition) is 1. The van der Waals surface area contributed by atoms with Gasteiger partial charge in [-0.2, -0.15) is 0 Å². The van der Waals surface area contributed by atoms with Crippen LogP contribution in [0.4, 0.5) is 0 Å². The van der Waals surface area contributed by atoms with Crippen LogP contribution in [0.3, 0.4) is 0 Å². The maximum Gasteiger partial charge on any atom is 1.00 e. The van der Waals surface area contributed by atoms with Gasteiger partial charge < -0.3 is 9.66 Å². The zero-order chi connectivity index (χ0) is 8.43. The van der Waals surface area contributed by atoms with Crippen molar-refractivity contribution in [3.63, 3.8) is 0 Å². The number of hydrogen-bond acceptors (Lipinski definition) is 3. The molecule has 1 unspecified atom stereocenters. The van der Waals surface area contributed by atoms with Gasteiger partial charge in [0.2, 0.25) is 0 Å². The van der Waals surface area contributed by atoms with Crippen molar-refractivity contribution in [1.82, 2.24) is 0 Å². The molecule has 60 valence electrons. The van der Waals surface area contributed by atoms with E-state index < -0.39 is 11.1 Å². The Balaban J connectivity index is 0.00000121. The zero-order valence-corrected chi connectivity index (χ0v) is 9.72. The van der Waals surface area contributed by atoms with Gasteiger partial charge in [0.15, 0.2) is 0 Å². The summed E-state index contributed by atoms with van der Waals surface area (Å²) in [4.78, 5) is 0.144. The van der Waals surface area contributed by atoms with Crippen molar-refractivity contribution in [3.05, 3.63) is 23.8 Å². The van der Waals surface area contributed by atoms with Crippen LogP contribution in [-0.4, -0.2) is 13.9 Å². The molecule has 3 nitrogen and oxygen atoms in total. The summed E-state index contributed by atoms with van der Waals surface area (Å²) in [6.45, 7) is 1.67. The summed E-state index contributed by atoms with van der Waals surface area (Å²) in [5.74, 6) is -0.0326. The van der Waals surface area contributed by atoms with Gasteiger partial charge in [-0.3, -0.25) is 4.21 Å². The third-order valence-corrected chi connectivity index (χ3v) is 2.15. The van der Waals surface area contributed by atoms with Crippen LogP contribution in [0, 0.1) is 6.92 Å². The first-order chi connectivity index (χ1) is 5.11. The molecule has 1 rings (SSSR count). The second-order valence-electron chi connectivity index (χ2n) is 2.18. The summed E-state index contributed by atoms with van der Waals surface area (Å²) in [5, 5.41) is 8.91. The van der Waals surface area contributed by atoms with Crippen molar-refractivity contribution in [2.24, 2.45) is 0 Å². The summed E-state index contributed by atoms with van der Waals surface area (Å²) in [5.41, 5.74) is 0.635. The predicted octanol–water partition coefficient (Wildman–Crippen LogP) is -2.06. The van der Waals surface area contributed by atoms with Crippen LogP contribution in [0.15, 0.2) is 23.1 Å². The minimum atomic E-state index is -2.26. The van der Waals surface area contributed by atoms with Gasteiger partial charge in [-0.15, -0.1) is 0 Å². The van der Waals surface area contributed by atoms with Crippen molar-refractivity contribution in [2.45, 2.75) is 11.8 Å². The summed E-state index contributed by atoms with van der Waals surface area (Å²) in [6, 6.07) is 4.23. The van der Waals surface area contributed by atoms with E-state index in [1.165, 1.54) is 12.1 Å². The van der Waals surface area contributed by atoms with Crippen molar-refractivity contribution >= 4 is 11.1 Å². The fraction of sp³-hybridized carbons (Fsp3) is 0.143. The van der Waals surface area contributed by atoms with Crippen LogP contribution >= 0.6 is 0 Å². The Morgan fingerprint density at radius 1 is 1.50 bits per heavy atom. The standard InChI is InChI=1S/C7H8O3S.Na/c1-5-2-3-6(8)4-7(5)11(9)10;/h2-4,8H,1H3,(H,9,10);/q;+1/p-1. The van der Waals surface area contributed by atoms with Crippen molar-refractivity contribution in [2.75, 3.05) is 0 Å². The number of phenols is 1. The second-order valence-corrected chi connectivity index (χ2v) is 3.09. The van der Waals surface area contributed by atoms with Crippen LogP contribution in [0.5, 0.6) is 5.75 Å². The SMILES string of the molecule is Cc1ccc(O)cc1S(=O)[O-].[Na+]. The molecule has 1 aromatic carbocycles. The molecule has 1 N–H and O–H groups in total. The van der Waals surface area contributed by atoms with Crippen LogP contribution < -0.4 is 29.6 Å². The Labute approximate surface area is 95.4 Å². The summed E-state index contributed by atoms with van der Waals surface area (Å²) in [6.07, 6.45) is 0. The van der Waals surface area contributed by atoms with E-state index in [-0.39, 0.29) is 40.2 Å². The molecule has 0 radical (unpaired) electrons. The van der Waals surface area contributed by atoms with E-state index in [9.17, 15) is 8.76 Å². The van der Waals surface area contributed by atoms with E-state index in [4.69, 9.17) is 5.11 Å². The van der Waals surface area contributed by atoms with E-state index >= 15 is 0 Å². The van der Waals surface area contributed by atoms with Gasteiger partial charge in [-0.05, 0) is 35.7 Å². The second kappa shape index (κ2) is 4.99. The van der Waals surface area contributed by atoms with Crippen LogP contribution in [0.1, 0.15) is 5.56 Å². The maximum atomic E-state index is 10.5. The average molecular weight is 194 g/mol. The normalized spacial score (nSPS) is 11.8. The summed E-state index contributed by atoms with van der Waals surface area (Å²) < 4.78 is 20.9. The van der Waals surface area contributed by atoms with Gasteiger partial charge in [0, 0.05) is 4.90 Å². The van der Waals surface area contributed by atoms with Crippen LogP contribution in [-0.2, 0) is 11.1 Å². The smallest absolute Gasteiger partial charge is 0.768 e. The van der Waals surface area contributed by atoms with E-state index in [2.05, 4.69) is 0 Å². The first-order valence-corrected chi connectivity index (χ1v) is 4.07. The molecule has 0 heterocycles. The molecule has 1 atom stereocenters. The Kier molecular flexibility index (Phi) is 5.04. The van der Waals surface area contributed by atoms with E-state index in [0.717, 1.165) is 0 Å². The zero-order valence-electron chi connectivity index (χ0n) is 6.90. The molecule has 0 aliphatic heterocycles. The molecule has 1 aromatic rings. The Hall–Kier alpha value is 0.130. The van der Waals surface area contributed by atoms with Crippen LogP contribution in [0.25, 0.3) is 0 Å². The first kappa shape index (κ1) is 12.1. The van der Waals surface area contributed by atoms with Gasteiger partial charge in [-0.1, -0.05) is 6.07 Å². The molecule has 0 fully saturated rings. The molecule has 0 aliphatic carbocycles. The van der Waals surface area contributed by atoms with E-state index in [1.807, 2.05) is 0 Å². The summed E-state index contributed by atoms with van der Waals surface area (Å²) in [7, 11) is 0. The third kappa shape index (κ3) is 2.88. The monoisotopic (exact) mass is 194 g/mol. The molecular weight excluding hydrogens is 187 g/mol. The molecule has 0 aromatic heterocycles. The number of aromatic hydroxyl groups is 1. The largest absolute Gasteiger partial charge is 1.00 e. The topological polar surface area (TPSA) is 60.4 Å². The third-order valence-electron chi connectivity index (χ3n) is 1.35. The van der Waals surface area contributed by atoms with Crippen LogP contribution in [0.2, 0.25) is 0 Å². The van der Waals surface area contributed by atoms with Crippen molar-refractivity contribution in [1.29, 1.82) is 0 Å². The Bertz CT molecular complexity index is 301. The summed E-state index contributed by atoms with van der Waals surface area (Å²) >= 11 is -2.26. The Morgan fingerprint density at radius 2 is 2.08 bits per heavy atom. The van der Waals surface area contributed by atoms with Gasteiger partial charge in [-0.25, -0.2) is 0 Å². The minimum Gasteiger partial charge on any atom is -0.768 e. The molecule has 0 aliphatic rings. The molecule has 0 spiro atoms. The Morgan fingerprint density at radius 3 is 2.50 bits per heavy atom. The molecule has 0 amide bonds. The molecular formula is C7H7NaO3S. The number of benzene rings is 1. The fourth-order valence-corrected chi connectivity index (χ4v) is 1.32. The van der Waals surface area contributed by atoms with Gasteiger partial charge in [0.05, 0.1) is 0 Å². The van der Waals surface area contributed by atoms with Crippen molar-refractivity contribution < 1.29 is 43.4 Å². The maximum absolute atomic E-state index is 10.5. The first-order valence-electron chi connectivity index (χ1n) is 3.00. The van der Waals surface area contributed by atoms with Gasteiger partial charge in [0.1, 0.15) is 5.75 Å². The molecule has 0 saturated heterocycles. The van der Waals surface area contributed by atoms with Gasteiger partial charge in [0.25, 0.3) is 0 Å².